The molecular weight excluding hydrogens is 302 g/mol. The second kappa shape index (κ2) is 7.18. The molecule has 1 aliphatic heterocycles. The molecule has 1 N–H and O–H groups in total. The van der Waals surface area contributed by atoms with E-state index in [4.69, 9.17) is 4.52 Å². The van der Waals surface area contributed by atoms with Crippen molar-refractivity contribution in [3.8, 4) is 11.3 Å². The molecule has 0 bridgehead atoms. The fraction of sp³-hybridized carbons (Fsp3) is 0.474. The summed E-state index contributed by atoms with van der Waals surface area (Å²) >= 11 is 0. The Labute approximate surface area is 143 Å². The number of amides is 1. The highest BCUT2D eigenvalue weighted by Crippen LogP contribution is 2.21. The van der Waals surface area contributed by atoms with Gasteiger partial charge in [0.05, 0.1) is 12.1 Å². The molecule has 1 fully saturated rings. The van der Waals surface area contributed by atoms with Crippen LogP contribution in [0.4, 0.5) is 0 Å². The zero-order valence-electron chi connectivity index (χ0n) is 14.4. The lowest BCUT2D eigenvalue weighted by Gasteiger charge is -2.35. The van der Waals surface area contributed by atoms with Gasteiger partial charge in [0.1, 0.15) is 0 Å². The summed E-state index contributed by atoms with van der Waals surface area (Å²) < 4.78 is 5.34. The third-order valence-electron chi connectivity index (χ3n) is 4.64. The van der Waals surface area contributed by atoms with E-state index in [1.54, 1.807) is 0 Å². The van der Waals surface area contributed by atoms with E-state index in [9.17, 15) is 4.79 Å². The summed E-state index contributed by atoms with van der Waals surface area (Å²) in [6.45, 7) is 7.25. The standard InChI is InChI=1S/C19H25N3O2/c1-19(2,22-10-6-7-11-22)14-20-18(23)13-16-12-17(24-21-16)15-8-4-3-5-9-15/h3-5,8-9,12H,6-7,10-11,13-14H2,1-2H3,(H,20,23). The third kappa shape index (κ3) is 4.03. The summed E-state index contributed by atoms with van der Waals surface area (Å²) in [6.07, 6.45) is 2.74. The van der Waals surface area contributed by atoms with Crippen LogP contribution >= 0.6 is 0 Å². The highest BCUT2D eigenvalue weighted by Gasteiger charge is 2.29. The van der Waals surface area contributed by atoms with Crippen molar-refractivity contribution in [1.29, 1.82) is 0 Å². The second-order valence-corrected chi connectivity index (χ2v) is 7.01. The molecule has 0 saturated carbocycles. The minimum absolute atomic E-state index is 0.00875. The predicted octanol–water partition coefficient (Wildman–Crippen LogP) is 2.87. The molecule has 0 aliphatic carbocycles. The van der Waals surface area contributed by atoms with Crippen LogP contribution in [0.1, 0.15) is 32.4 Å². The van der Waals surface area contributed by atoms with Gasteiger partial charge in [-0.25, -0.2) is 0 Å². The molecule has 0 spiro atoms. The molecule has 5 heteroatoms. The highest BCUT2D eigenvalue weighted by molar-refractivity contribution is 5.78. The molecule has 0 radical (unpaired) electrons. The quantitative estimate of drug-likeness (QED) is 0.886. The van der Waals surface area contributed by atoms with Gasteiger partial charge in [-0.15, -0.1) is 0 Å². The highest BCUT2D eigenvalue weighted by atomic mass is 16.5. The lowest BCUT2D eigenvalue weighted by atomic mass is 10.0. The molecule has 5 nitrogen and oxygen atoms in total. The van der Waals surface area contributed by atoms with Crippen molar-refractivity contribution in [1.82, 2.24) is 15.4 Å². The van der Waals surface area contributed by atoms with Gasteiger partial charge in [-0.1, -0.05) is 35.5 Å². The minimum Gasteiger partial charge on any atom is -0.356 e. The zero-order chi connectivity index (χ0) is 17.0. The number of hydrogen-bond acceptors (Lipinski definition) is 4. The Bertz CT molecular complexity index is 673. The van der Waals surface area contributed by atoms with Crippen LogP contribution in [0, 0.1) is 0 Å². The van der Waals surface area contributed by atoms with Gasteiger partial charge in [-0.2, -0.15) is 0 Å². The van der Waals surface area contributed by atoms with E-state index in [1.807, 2.05) is 36.4 Å². The molecule has 1 aliphatic rings. The van der Waals surface area contributed by atoms with Crippen LogP contribution in [-0.2, 0) is 11.2 Å². The van der Waals surface area contributed by atoms with Crippen molar-refractivity contribution < 1.29 is 9.32 Å². The maximum atomic E-state index is 12.2. The lowest BCUT2D eigenvalue weighted by molar-refractivity contribution is -0.121. The Balaban J connectivity index is 1.53. The first-order valence-electron chi connectivity index (χ1n) is 8.57. The fourth-order valence-corrected chi connectivity index (χ4v) is 3.11. The zero-order valence-corrected chi connectivity index (χ0v) is 14.4. The molecule has 0 unspecified atom stereocenters. The Kier molecular flexibility index (Phi) is 5.00. The first-order valence-corrected chi connectivity index (χ1v) is 8.57. The second-order valence-electron chi connectivity index (χ2n) is 7.01. The van der Waals surface area contributed by atoms with E-state index < -0.39 is 0 Å². The average Bonchev–Trinajstić information content (AvgIpc) is 3.26. The minimum atomic E-state index is -0.0183. The van der Waals surface area contributed by atoms with Crippen molar-refractivity contribution >= 4 is 5.91 Å². The smallest absolute Gasteiger partial charge is 0.226 e. The van der Waals surface area contributed by atoms with Gasteiger partial charge >= 0.3 is 0 Å². The van der Waals surface area contributed by atoms with Crippen molar-refractivity contribution in [2.45, 2.75) is 38.6 Å². The number of hydrogen-bond donors (Lipinski definition) is 1. The number of nitrogens with one attached hydrogen (secondary N) is 1. The molecule has 1 aromatic carbocycles. The van der Waals surface area contributed by atoms with E-state index in [2.05, 4.69) is 29.2 Å². The summed E-state index contributed by atoms with van der Waals surface area (Å²) in [7, 11) is 0. The summed E-state index contributed by atoms with van der Waals surface area (Å²) in [5.41, 5.74) is 1.61. The molecule has 2 aromatic rings. The van der Waals surface area contributed by atoms with E-state index in [-0.39, 0.29) is 17.9 Å². The molecule has 1 aromatic heterocycles. The molecule has 2 heterocycles. The Morgan fingerprint density at radius 2 is 1.96 bits per heavy atom. The number of aromatic nitrogens is 1. The van der Waals surface area contributed by atoms with Crippen molar-refractivity contribution in [3.63, 3.8) is 0 Å². The van der Waals surface area contributed by atoms with Gasteiger partial charge in [0.15, 0.2) is 5.76 Å². The monoisotopic (exact) mass is 327 g/mol. The van der Waals surface area contributed by atoms with Gasteiger partial charge in [-0.3, -0.25) is 9.69 Å². The van der Waals surface area contributed by atoms with Crippen LogP contribution in [0.25, 0.3) is 11.3 Å². The molecule has 24 heavy (non-hydrogen) atoms. The first-order chi connectivity index (χ1) is 11.5. The first kappa shape index (κ1) is 16.7. The van der Waals surface area contributed by atoms with E-state index >= 15 is 0 Å². The SMILES string of the molecule is CC(C)(CNC(=O)Cc1cc(-c2ccccc2)on1)N1CCCC1. The van der Waals surface area contributed by atoms with Gasteiger partial charge in [0.25, 0.3) is 0 Å². The van der Waals surface area contributed by atoms with E-state index in [0.29, 0.717) is 18.0 Å². The number of rotatable bonds is 6. The fourth-order valence-electron chi connectivity index (χ4n) is 3.11. The van der Waals surface area contributed by atoms with Crippen molar-refractivity contribution in [2.24, 2.45) is 0 Å². The predicted molar refractivity (Wildman–Crippen MR) is 93.5 cm³/mol. The van der Waals surface area contributed by atoms with Crippen molar-refractivity contribution in [3.05, 3.63) is 42.1 Å². The van der Waals surface area contributed by atoms with Gasteiger partial charge in [0.2, 0.25) is 5.91 Å². The molecule has 1 saturated heterocycles. The Hall–Kier alpha value is -2.14. The number of nitrogens with zero attached hydrogens (tertiary/aromatic N) is 2. The lowest BCUT2D eigenvalue weighted by Crippen LogP contribution is -2.50. The Morgan fingerprint density at radius 1 is 1.25 bits per heavy atom. The molecule has 0 atom stereocenters. The van der Waals surface area contributed by atoms with Gasteiger partial charge in [-0.05, 0) is 39.8 Å². The average molecular weight is 327 g/mol. The summed E-state index contributed by atoms with van der Waals surface area (Å²) in [6, 6.07) is 11.6. The van der Waals surface area contributed by atoms with Crippen molar-refractivity contribution in [2.75, 3.05) is 19.6 Å². The van der Waals surface area contributed by atoms with E-state index in [0.717, 1.165) is 18.7 Å². The van der Waals surface area contributed by atoms with Crippen LogP contribution in [0.2, 0.25) is 0 Å². The molecule has 3 rings (SSSR count). The topological polar surface area (TPSA) is 58.4 Å². The molecule has 1 amide bonds. The largest absolute Gasteiger partial charge is 0.356 e. The third-order valence-corrected chi connectivity index (χ3v) is 4.64. The van der Waals surface area contributed by atoms with Crippen LogP contribution in [0.15, 0.2) is 40.9 Å². The molecular formula is C19H25N3O2. The Morgan fingerprint density at radius 3 is 2.67 bits per heavy atom. The normalized spacial score (nSPS) is 15.6. The van der Waals surface area contributed by atoms with Crippen LogP contribution in [0.3, 0.4) is 0 Å². The number of benzene rings is 1. The van der Waals surface area contributed by atoms with Crippen LogP contribution < -0.4 is 5.32 Å². The maximum absolute atomic E-state index is 12.2. The van der Waals surface area contributed by atoms with Crippen LogP contribution in [0.5, 0.6) is 0 Å². The number of carbonyl (C=O) groups is 1. The summed E-state index contributed by atoms with van der Waals surface area (Å²) in [5.74, 6) is 0.672. The van der Waals surface area contributed by atoms with Crippen LogP contribution in [-0.4, -0.2) is 41.1 Å². The van der Waals surface area contributed by atoms with Gasteiger partial charge in [0, 0.05) is 23.7 Å². The summed E-state index contributed by atoms with van der Waals surface area (Å²) in [5, 5.41) is 7.04. The number of likely N-dealkylation sites (tertiary alicyclic amines) is 1. The maximum Gasteiger partial charge on any atom is 0.226 e. The molecule has 128 valence electrons. The summed E-state index contributed by atoms with van der Waals surface area (Å²) in [4.78, 5) is 14.6. The van der Waals surface area contributed by atoms with E-state index in [1.165, 1.54) is 12.8 Å². The van der Waals surface area contributed by atoms with Gasteiger partial charge < -0.3 is 9.84 Å². The number of carbonyl (C=O) groups excluding carboxylic acids is 1.